The largest absolute Gasteiger partial charge is 0.383 e. The zero-order valence-corrected chi connectivity index (χ0v) is 13.2. The van der Waals surface area contributed by atoms with Crippen molar-refractivity contribution in [3.8, 4) is 0 Å². The van der Waals surface area contributed by atoms with Crippen molar-refractivity contribution in [3.63, 3.8) is 0 Å². The smallest absolute Gasteiger partial charge is 0.223 e. The summed E-state index contributed by atoms with van der Waals surface area (Å²) in [6, 6.07) is 5.97. The number of ether oxygens (including phenoxy) is 1. The van der Waals surface area contributed by atoms with Crippen molar-refractivity contribution < 1.29 is 14.3 Å². The average Bonchev–Trinajstić information content (AvgIpc) is 2.37. The molecule has 116 valence electrons. The Morgan fingerprint density at radius 2 is 1.81 bits per heavy atom. The Balaban J connectivity index is 2.66. The molecule has 0 bridgehead atoms. The van der Waals surface area contributed by atoms with E-state index in [0.717, 1.165) is 16.8 Å². The van der Waals surface area contributed by atoms with Crippen LogP contribution in [-0.4, -0.2) is 38.6 Å². The Labute approximate surface area is 126 Å². The van der Waals surface area contributed by atoms with Crippen LogP contribution in [0.25, 0.3) is 0 Å². The summed E-state index contributed by atoms with van der Waals surface area (Å²) in [5.74, 6) is -0.146. The molecule has 0 aliphatic carbocycles. The summed E-state index contributed by atoms with van der Waals surface area (Å²) in [7, 11) is 1.59. The van der Waals surface area contributed by atoms with Gasteiger partial charge in [-0.15, -0.1) is 0 Å². The number of aryl methyl sites for hydroxylation is 2. The van der Waals surface area contributed by atoms with Gasteiger partial charge in [0.15, 0.2) is 0 Å². The van der Waals surface area contributed by atoms with E-state index in [1.807, 2.05) is 26.0 Å². The molecule has 0 aliphatic heterocycles. The number of methoxy groups -OCH3 is 1. The second-order valence-electron chi connectivity index (χ2n) is 5.11. The van der Waals surface area contributed by atoms with Crippen LogP contribution in [0.3, 0.4) is 0 Å². The van der Waals surface area contributed by atoms with Gasteiger partial charge in [0.25, 0.3) is 0 Å². The van der Waals surface area contributed by atoms with Crippen molar-refractivity contribution in [2.45, 2.75) is 27.2 Å². The number of amides is 2. The van der Waals surface area contributed by atoms with Crippen LogP contribution in [0.5, 0.6) is 0 Å². The van der Waals surface area contributed by atoms with Crippen LogP contribution in [-0.2, 0) is 14.3 Å². The van der Waals surface area contributed by atoms with Crippen molar-refractivity contribution in [1.82, 2.24) is 5.32 Å². The second-order valence-corrected chi connectivity index (χ2v) is 5.11. The second kappa shape index (κ2) is 8.42. The molecular weight excluding hydrogens is 268 g/mol. The average molecular weight is 292 g/mol. The topological polar surface area (TPSA) is 58.6 Å². The molecule has 0 aromatic heterocycles. The molecule has 21 heavy (non-hydrogen) atoms. The molecule has 0 spiro atoms. The molecule has 0 atom stereocenters. The molecule has 5 heteroatoms. The van der Waals surface area contributed by atoms with E-state index < -0.39 is 0 Å². The van der Waals surface area contributed by atoms with Gasteiger partial charge in [0.05, 0.1) is 6.61 Å². The predicted molar refractivity (Wildman–Crippen MR) is 83.4 cm³/mol. The minimum absolute atomic E-state index is 0.0651. The number of hydrogen-bond donors (Lipinski definition) is 1. The van der Waals surface area contributed by atoms with Crippen LogP contribution in [0.15, 0.2) is 18.2 Å². The summed E-state index contributed by atoms with van der Waals surface area (Å²) in [4.78, 5) is 25.2. The molecule has 0 radical (unpaired) electrons. The number of nitrogens with zero attached hydrogens (tertiary/aromatic N) is 1. The van der Waals surface area contributed by atoms with E-state index in [1.54, 1.807) is 12.0 Å². The van der Waals surface area contributed by atoms with Gasteiger partial charge in [-0.3, -0.25) is 9.59 Å². The highest BCUT2D eigenvalue weighted by molar-refractivity contribution is 5.92. The van der Waals surface area contributed by atoms with Gasteiger partial charge in [-0.2, -0.15) is 0 Å². The zero-order chi connectivity index (χ0) is 15.8. The van der Waals surface area contributed by atoms with E-state index in [2.05, 4.69) is 11.4 Å². The molecule has 5 nitrogen and oxygen atoms in total. The lowest BCUT2D eigenvalue weighted by atomic mass is 10.1. The van der Waals surface area contributed by atoms with Gasteiger partial charge in [0.2, 0.25) is 11.8 Å². The van der Waals surface area contributed by atoms with Gasteiger partial charge in [0, 0.05) is 39.2 Å². The van der Waals surface area contributed by atoms with Gasteiger partial charge in [-0.1, -0.05) is 6.07 Å². The highest BCUT2D eigenvalue weighted by atomic mass is 16.5. The first kappa shape index (κ1) is 17.2. The summed E-state index contributed by atoms with van der Waals surface area (Å²) in [5, 5.41) is 2.75. The van der Waals surface area contributed by atoms with E-state index in [-0.39, 0.29) is 18.2 Å². The lowest BCUT2D eigenvalue weighted by molar-refractivity contribution is -0.121. The van der Waals surface area contributed by atoms with Gasteiger partial charge in [0.1, 0.15) is 0 Å². The highest BCUT2D eigenvalue weighted by Crippen LogP contribution is 2.19. The maximum absolute atomic E-state index is 11.8. The number of benzene rings is 1. The van der Waals surface area contributed by atoms with E-state index >= 15 is 0 Å². The molecule has 1 rings (SSSR count). The Kier molecular flexibility index (Phi) is 6.88. The fraction of sp³-hybridized carbons (Fsp3) is 0.500. The minimum Gasteiger partial charge on any atom is -0.383 e. The normalized spacial score (nSPS) is 10.3. The van der Waals surface area contributed by atoms with Crippen molar-refractivity contribution in [3.05, 3.63) is 29.3 Å². The number of nitrogens with one attached hydrogen (secondary N) is 1. The Morgan fingerprint density at radius 1 is 1.19 bits per heavy atom. The Morgan fingerprint density at radius 3 is 2.33 bits per heavy atom. The third kappa shape index (κ3) is 5.95. The quantitative estimate of drug-likeness (QED) is 0.780. The lowest BCUT2D eigenvalue weighted by Gasteiger charge is -2.22. The van der Waals surface area contributed by atoms with Crippen LogP contribution in [0.1, 0.15) is 24.5 Å². The maximum Gasteiger partial charge on any atom is 0.223 e. The molecule has 0 heterocycles. The minimum atomic E-state index is -0.0809. The van der Waals surface area contributed by atoms with E-state index in [4.69, 9.17) is 4.74 Å². The summed E-state index contributed by atoms with van der Waals surface area (Å²) >= 11 is 0. The monoisotopic (exact) mass is 292 g/mol. The molecule has 0 saturated heterocycles. The van der Waals surface area contributed by atoms with Crippen LogP contribution in [0.4, 0.5) is 5.69 Å². The number of anilines is 1. The van der Waals surface area contributed by atoms with Gasteiger partial charge in [-0.05, 0) is 37.1 Å². The molecule has 2 amide bonds. The molecule has 1 aromatic rings. The first-order chi connectivity index (χ1) is 9.93. The predicted octanol–water partition coefficient (Wildman–Crippen LogP) is 1.81. The van der Waals surface area contributed by atoms with Crippen LogP contribution in [0.2, 0.25) is 0 Å². The molecule has 0 fully saturated rings. The lowest BCUT2D eigenvalue weighted by Crippen LogP contribution is -2.34. The van der Waals surface area contributed by atoms with Gasteiger partial charge >= 0.3 is 0 Å². The van der Waals surface area contributed by atoms with Crippen molar-refractivity contribution in [2.75, 3.05) is 31.7 Å². The molecule has 0 aliphatic rings. The number of carbonyl (C=O) groups excluding carboxylic acids is 2. The van der Waals surface area contributed by atoms with Crippen molar-refractivity contribution >= 4 is 17.5 Å². The third-order valence-corrected chi connectivity index (χ3v) is 3.09. The number of rotatable bonds is 7. The number of carbonyl (C=O) groups is 2. The summed E-state index contributed by atoms with van der Waals surface area (Å²) in [5.41, 5.74) is 3.03. The van der Waals surface area contributed by atoms with Gasteiger partial charge in [-0.25, -0.2) is 0 Å². The highest BCUT2D eigenvalue weighted by Gasteiger charge is 2.14. The zero-order valence-electron chi connectivity index (χ0n) is 13.2. The standard InChI is InChI=1S/C16H24N2O3/c1-12-9-13(2)11-15(10-12)18(14(3)19)7-5-16(20)17-6-8-21-4/h9-11H,5-8H2,1-4H3,(H,17,20). The van der Waals surface area contributed by atoms with Crippen LogP contribution in [0, 0.1) is 13.8 Å². The SMILES string of the molecule is COCCNC(=O)CCN(C(C)=O)c1cc(C)cc(C)c1. The Hall–Kier alpha value is -1.88. The summed E-state index contributed by atoms with van der Waals surface area (Å²) in [6.07, 6.45) is 0.274. The molecular formula is C16H24N2O3. The molecule has 0 saturated carbocycles. The van der Waals surface area contributed by atoms with E-state index in [1.165, 1.54) is 6.92 Å². The molecule has 0 unspecified atom stereocenters. The summed E-state index contributed by atoms with van der Waals surface area (Å²) < 4.78 is 4.87. The van der Waals surface area contributed by atoms with E-state index in [0.29, 0.717) is 19.7 Å². The van der Waals surface area contributed by atoms with Gasteiger partial charge < -0.3 is 15.0 Å². The number of hydrogen-bond acceptors (Lipinski definition) is 3. The first-order valence-corrected chi connectivity index (χ1v) is 7.06. The molecule has 1 N–H and O–H groups in total. The Bertz CT molecular complexity index is 480. The summed E-state index contributed by atoms with van der Waals surface area (Å²) in [6.45, 7) is 6.84. The van der Waals surface area contributed by atoms with Crippen molar-refractivity contribution in [1.29, 1.82) is 0 Å². The first-order valence-electron chi connectivity index (χ1n) is 7.06. The van der Waals surface area contributed by atoms with Crippen LogP contribution < -0.4 is 10.2 Å². The van der Waals surface area contributed by atoms with Crippen molar-refractivity contribution in [2.24, 2.45) is 0 Å². The fourth-order valence-electron chi connectivity index (χ4n) is 2.17. The third-order valence-electron chi connectivity index (χ3n) is 3.09. The maximum atomic E-state index is 11.8. The van der Waals surface area contributed by atoms with E-state index in [9.17, 15) is 9.59 Å². The molecule has 1 aromatic carbocycles. The fourth-order valence-corrected chi connectivity index (χ4v) is 2.17. The van der Waals surface area contributed by atoms with Crippen LogP contribution >= 0.6 is 0 Å².